The fourth-order valence-electron chi connectivity index (χ4n) is 4.10. The van der Waals surface area contributed by atoms with E-state index in [2.05, 4.69) is 0 Å². The SMILES string of the molecule is COc1cc2oc3c(OC)c(-c4cc(CC=C(C)C)c(O)c(OC)c4)cc(OC)c3c2cc1O. The van der Waals surface area contributed by atoms with E-state index in [0.717, 1.165) is 16.7 Å². The van der Waals surface area contributed by atoms with Gasteiger partial charge in [-0.1, -0.05) is 11.6 Å². The van der Waals surface area contributed by atoms with E-state index in [1.54, 1.807) is 32.4 Å². The number of hydrogen-bond acceptors (Lipinski definition) is 7. The van der Waals surface area contributed by atoms with Crippen LogP contribution in [0.25, 0.3) is 33.1 Å². The lowest BCUT2D eigenvalue weighted by molar-refractivity contribution is 0.371. The number of hydrogen-bond donors (Lipinski definition) is 2. The molecular formula is C27H28O7. The summed E-state index contributed by atoms with van der Waals surface area (Å²) in [6, 6.07) is 8.72. The van der Waals surface area contributed by atoms with Crippen molar-refractivity contribution >= 4 is 21.9 Å². The minimum Gasteiger partial charge on any atom is -0.504 e. The second-order valence-electron chi connectivity index (χ2n) is 8.16. The van der Waals surface area contributed by atoms with Crippen LogP contribution in [-0.4, -0.2) is 38.7 Å². The molecule has 1 aromatic heterocycles. The average Bonchev–Trinajstić information content (AvgIpc) is 3.19. The van der Waals surface area contributed by atoms with Crippen LogP contribution < -0.4 is 18.9 Å². The van der Waals surface area contributed by atoms with Gasteiger partial charge in [0.1, 0.15) is 11.3 Å². The molecule has 178 valence electrons. The Kier molecular flexibility index (Phi) is 6.20. The molecule has 0 aliphatic carbocycles. The molecule has 3 aromatic carbocycles. The minimum absolute atomic E-state index is 0.00465. The maximum atomic E-state index is 10.7. The smallest absolute Gasteiger partial charge is 0.181 e. The molecule has 0 amide bonds. The topological polar surface area (TPSA) is 90.5 Å². The number of methoxy groups -OCH3 is 4. The van der Waals surface area contributed by atoms with Gasteiger partial charge >= 0.3 is 0 Å². The number of benzene rings is 3. The van der Waals surface area contributed by atoms with Crippen molar-refractivity contribution in [2.75, 3.05) is 28.4 Å². The second-order valence-corrected chi connectivity index (χ2v) is 8.16. The Labute approximate surface area is 197 Å². The molecule has 0 aliphatic rings. The predicted molar refractivity (Wildman–Crippen MR) is 132 cm³/mol. The molecule has 0 saturated heterocycles. The Morgan fingerprint density at radius 2 is 1.56 bits per heavy atom. The monoisotopic (exact) mass is 464 g/mol. The van der Waals surface area contributed by atoms with Crippen molar-refractivity contribution in [1.82, 2.24) is 0 Å². The highest BCUT2D eigenvalue weighted by Crippen LogP contribution is 2.49. The Morgan fingerprint density at radius 3 is 2.18 bits per heavy atom. The predicted octanol–water partition coefficient (Wildman–Crippen LogP) is 6.21. The van der Waals surface area contributed by atoms with Gasteiger partial charge in [0.05, 0.1) is 33.8 Å². The largest absolute Gasteiger partial charge is 0.504 e. The molecule has 7 nitrogen and oxygen atoms in total. The molecule has 0 atom stereocenters. The molecule has 0 spiro atoms. The lowest BCUT2D eigenvalue weighted by Gasteiger charge is -2.15. The number of furan rings is 1. The van der Waals surface area contributed by atoms with Crippen LogP contribution in [0.3, 0.4) is 0 Å². The second kappa shape index (κ2) is 9.09. The Balaban J connectivity index is 2.04. The van der Waals surface area contributed by atoms with Crippen molar-refractivity contribution in [3.05, 3.63) is 47.5 Å². The highest BCUT2D eigenvalue weighted by Gasteiger charge is 2.24. The Bertz CT molecular complexity index is 1410. The summed E-state index contributed by atoms with van der Waals surface area (Å²) in [6.45, 7) is 4.02. The van der Waals surface area contributed by atoms with Crippen LogP contribution in [0.4, 0.5) is 0 Å². The molecule has 0 radical (unpaired) electrons. The fraction of sp³-hybridized carbons (Fsp3) is 0.259. The van der Waals surface area contributed by atoms with Crippen molar-refractivity contribution in [2.24, 2.45) is 0 Å². The standard InChI is InChI=1S/C27H28O7/c1-14(2)7-8-15-9-16(10-23(32-5)25(15)29)17-12-22(31-4)24-18-11-19(28)21(30-3)13-20(18)34-27(24)26(17)33-6/h7,9-13,28-29H,8H2,1-6H3. The van der Waals surface area contributed by atoms with Crippen LogP contribution in [0, 0.1) is 0 Å². The van der Waals surface area contributed by atoms with Gasteiger partial charge in [0.25, 0.3) is 0 Å². The zero-order valence-corrected chi connectivity index (χ0v) is 20.1. The summed E-state index contributed by atoms with van der Waals surface area (Å²) < 4.78 is 28.4. The van der Waals surface area contributed by atoms with Crippen molar-refractivity contribution in [1.29, 1.82) is 0 Å². The van der Waals surface area contributed by atoms with Crippen LogP contribution in [0.5, 0.6) is 34.5 Å². The normalized spacial score (nSPS) is 11.0. The molecule has 0 aliphatic heterocycles. The maximum absolute atomic E-state index is 10.7. The quantitative estimate of drug-likeness (QED) is 0.314. The number of ether oxygens (including phenoxy) is 4. The number of phenols is 2. The molecule has 0 bridgehead atoms. The van der Waals surface area contributed by atoms with Gasteiger partial charge in [-0.2, -0.15) is 0 Å². The van der Waals surface area contributed by atoms with Crippen molar-refractivity contribution in [3.8, 4) is 45.6 Å². The molecule has 1 heterocycles. The van der Waals surface area contributed by atoms with Gasteiger partial charge < -0.3 is 33.6 Å². The summed E-state index contributed by atoms with van der Waals surface area (Å²) in [5.41, 5.74) is 4.33. The Hall–Kier alpha value is -4.00. The van der Waals surface area contributed by atoms with Gasteiger partial charge in [-0.3, -0.25) is 0 Å². The number of fused-ring (bicyclic) bond motifs is 3. The van der Waals surface area contributed by atoms with Crippen LogP contribution >= 0.6 is 0 Å². The van der Waals surface area contributed by atoms with Gasteiger partial charge in [0.15, 0.2) is 34.3 Å². The van der Waals surface area contributed by atoms with Gasteiger partial charge in [0, 0.05) is 22.6 Å². The first kappa shape index (κ1) is 23.2. The van der Waals surface area contributed by atoms with Crippen LogP contribution in [0.1, 0.15) is 19.4 Å². The number of rotatable bonds is 7. The average molecular weight is 465 g/mol. The summed E-state index contributed by atoms with van der Waals surface area (Å²) in [5, 5.41) is 22.4. The van der Waals surface area contributed by atoms with Gasteiger partial charge in [-0.05, 0) is 50.1 Å². The third-order valence-electron chi connectivity index (χ3n) is 5.80. The lowest BCUT2D eigenvalue weighted by atomic mass is 9.97. The van der Waals surface area contributed by atoms with E-state index in [1.165, 1.54) is 14.2 Å². The third kappa shape index (κ3) is 3.83. The number of allylic oxidation sites excluding steroid dienone is 2. The van der Waals surface area contributed by atoms with E-state index in [-0.39, 0.29) is 11.5 Å². The Morgan fingerprint density at radius 1 is 0.853 bits per heavy atom. The van der Waals surface area contributed by atoms with Crippen molar-refractivity contribution in [2.45, 2.75) is 20.3 Å². The molecule has 0 fully saturated rings. The fourth-order valence-corrected chi connectivity index (χ4v) is 4.10. The summed E-state index contributed by atoms with van der Waals surface area (Å²) in [7, 11) is 6.14. The summed E-state index contributed by atoms with van der Waals surface area (Å²) in [6.07, 6.45) is 2.59. The zero-order valence-electron chi connectivity index (χ0n) is 20.1. The molecule has 0 unspecified atom stereocenters. The van der Waals surface area contributed by atoms with E-state index in [1.807, 2.05) is 32.1 Å². The van der Waals surface area contributed by atoms with Crippen LogP contribution in [0.15, 0.2) is 46.4 Å². The highest BCUT2D eigenvalue weighted by atomic mass is 16.5. The third-order valence-corrected chi connectivity index (χ3v) is 5.80. The molecule has 0 saturated carbocycles. The number of aromatic hydroxyl groups is 2. The summed E-state index contributed by atoms with van der Waals surface area (Å²) in [4.78, 5) is 0. The van der Waals surface area contributed by atoms with Crippen LogP contribution in [-0.2, 0) is 6.42 Å². The van der Waals surface area contributed by atoms with Crippen LogP contribution in [0.2, 0.25) is 0 Å². The number of phenolic OH excluding ortho intramolecular Hbond substituents is 2. The van der Waals surface area contributed by atoms with Crippen molar-refractivity contribution < 1.29 is 33.6 Å². The first-order valence-corrected chi connectivity index (χ1v) is 10.7. The molecule has 2 N–H and O–H groups in total. The molecule has 4 aromatic rings. The first-order chi connectivity index (χ1) is 16.3. The zero-order chi connectivity index (χ0) is 24.6. The molecule has 7 heteroatoms. The summed E-state index contributed by atoms with van der Waals surface area (Å²) >= 11 is 0. The first-order valence-electron chi connectivity index (χ1n) is 10.7. The van der Waals surface area contributed by atoms with Gasteiger partial charge in [0.2, 0.25) is 0 Å². The van der Waals surface area contributed by atoms with E-state index in [4.69, 9.17) is 23.4 Å². The van der Waals surface area contributed by atoms with E-state index >= 15 is 0 Å². The van der Waals surface area contributed by atoms with Gasteiger partial charge in [-0.25, -0.2) is 0 Å². The molecule has 34 heavy (non-hydrogen) atoms. The molecule has 4 rings (SSSR count). The maximum Gasteiger partial charge on any atom is 0.181 e. The lowest BCUT2D eigenvalue weighted by Crippen LogP contribution is -1.95. The molecular weight excluding hydrogens is 436 g/mol. The highest BCUT2D eigenvalue weighted by molar-refractivity contribution is 6.13. The van der Waals surface area contributed by atoms with E-state index < -0.39 is 0 Å². The van der Waals surface area contributed by atoms with Crippen molar-refractivity contribution in [3.63, 3.8) is 0 Å². The van der Waals surface area contributed by atoms with E-state index in [0.29, 0.717) is 56.9 Å². The summed E-state index contributed by atoms with van der Waals surface area (Å²) in [5.74, 6) is 1.79. The minimum atomic E-state index is -0.00465. The van der Waals surface area contributed by atoms with E-state index in [9.17, 15) is 10.2 Å². The van der Waals surface area contributed by atoms with Gasteiger partial charge in [-0.15, -0.1) is 0 Å².